The summed E-state index contributed by atoms with van der Waals surface area (Å²) in [4.78, 5) is 16.0. The molecule has 3 heterocycles. The van der Waals surface area contributed by atoms with Gasteiger partial charge in [0, 0.05) is 29.3 Å². The topological polar surface area (TPSA) is 113 Å². The first-order valence-corrected chi connectivity index (χ1v) is 10.2. The van der Waals surface area contributed by atoms with Gasteiger partial charge in [0.15, 0.2) is 20.5 Å². The Morgan fingerprint density at radius 3 is 2.52 bits per heavy atom. The summed E-state index contributed by atoms with van der Waals surface area (Å²) < 4.78 is 23.0. The van der Waals surface area contributed by atoms with Crippen molar-refractivity contribution in [2.24, 2.45) is 0 Å². The Morgan fingerprint density at radius 1 is 1.19 bits per heavy atom. The Hall–Kier alpha value is -2.94. The van der Waals surface area contributed by atoms with Crippen molar-refractivity contribution in [2.75, 3.05) is 11.6 Å². The average Bonchev–Trinajstić information content (AvgIpc) is 2.96. The molecule has 0 bridgehead atoms. The first-order chi connectivity index (χ1) is 12.5. The number of rotatable bonds is 5. The van der Waals surface area contributed by atoms with Crippen LogP contribution in [0.1, 0.15) is 26.3 Å². The maximum atomic E-state index is 11.5. The number of aromatic amines is 1. The van der Waals surface area contributed by atoms with Gasteiger partial charge in [-0.2, -0.15) is 0 Å². The van der Waals surface area contributed by atoms with Gasteiger partial charge in [-0.05, 0) is 32.9 Å². The zero-order valence-corrected chi connectivity index (χ0v) is 16.5. The maximum Gasteiger partial charge on any atom is 0.192 e. The molecular formula is C18H22N6O2S. The molecule has 0 aliphatic heterocycles. The van der Waals surface area contributed by atoms with Crippen molar-refractivity contribution in [1.82, 2.24) is 25.3 Å². The van der Waals surface area contributed by atoms with Crippen LogP contribution in [-0.2, 0) is 9.84 Å². The van der Waals surface area contributed by atoms with E-state index in [2.05, 4.69) is 57.9 Å². The van der Waals surface area contributed by atoms with Crippen molar-refractivity contribution in [3.63, 3.8) is 0 Å². The third kappa shape index (κ3) is 4.43. The second-order valence-electron chi connectivity index (χ2n) is 7.29. The fraction of sp³-hybridized carbons (Fsp3) is 0.278. The van der Waals surface area contributed by atoms with Gasteiger partial charge in [0.2, 0.25) is 0 Å². The van der Waals surface area contributed by atoms with Crippen LogP contribution >= 0.6 is 0 Å². The van der Waals surface area contributed by atoms with E-state index in [1.807, 2.05) is 6.20 Å². The number of aromatic nitrogens is 4. The highest BCUT2D eigenvalue weighted by Crippen LogP contribution is 2.24. The first-order valence-electron chi connectivity index (χ1n) is 8.28. The summed E-state index contributed by atoms with van der Waals surface area (Å²) in [5.74, 6) is 0.515. The molecule has 0 saturated heterocycles. The zero-order chi connectivity index (χ0) is 19.8. The summed E-state index contributed by atoms with van der Waals surface area (Å²) in [6.45, 7) is 10.3. The lowest BCUT2D eigenvalue weighted by atomic mass is 10.1. The molecule has 3 rings (SSSR count). The minimum absolute atomic E-state index is 0.0204. The Bertz CT molecular complexity index is 1100. The van der Waals surface area contributed by atoms with Gasteiger partial charge in [0.25, 0.3) is 0 Å². The molecule has 0 fully saturated rings. The van der Waals surface area contributed by atoms with Crippen molar-refractivity contribution >= 4 is 38.2 Å². The van der Waals surface area contributed by atoms with Crippen LogP contribution in [0, 0.1) is 0 Å². The summed E-state index contributed by atoms with van der Waals surface area (Å²) in [6, 6.07) is 3.08. The molecule has 142 valence electrons. The van der Waals surface area contributed by atoms with E-state index >= 15 is 0 Å². The Kier molecular flexibility index (Phi) is 4.64. The SMILES string of the molecule is C=C(NC(C)(C)C)c1c[nH]c2ncc(Nc3ccc(S(C)(=O)=O)nc3)nc12. The van der Waals surface area contributed by atoms with Gasteiger partial charge in [-0.3, -0.25) is 0 Å². The number of hydrogen-bond donors (Lipinski definition) is 3. The monoisotopic (exact) mass is 386 g/mol. The highest BCUT2D eigenvalue weighted by Gasteiger charge is 2.16. The van der Waals surface area contributed by atoms with Gasteiger partial charge in [0.1, 0.15) is 11.3 Å². The van der Waals surface area contributed by atoms with E-state index in [0.717, 1.165) is 17.5 Å². The quantitative estimate of drug-likeness (QED) is 0.618. The van der Waals surface area contributed by atoms with Crippen LogP contribution in [0.4, 0.5) is 11.5 Å². The summed E-state index contributed by atoms with van der Waals surface area (Å²) in [7, 11) is -3.33. The lowest BCUT2D eigenvalue weighted by Crippen LogP contribution is -2.33. The van der Waals surface area contributed by atoms with Crippen LogP contribution < -0.4 is 10.6 Å². The number of fused-ring (bicyclic) bond motifs is 1. The number of pyridine rings is 1. The van der Waals surface area contributed by atoms with Crippen molar-refractivity contribution in [2.45, 2.75) is 31.3 Å². The van der Waals surface area contributed by atoms with E-state index < -0.39 is 9.84 Å². The zero-order valence-electron chi connectivity index (χ0n) is 15.7. The van der Waals surface area contributed by atoms with E-state index in [1.54, 1.807) is 12.3 Å². The molecule has 0 atom stereocenters. The third-order valence-electron chi connectivity index (χ3n) is 3.62. The first kappa shape index (κ1) is 18.8. The van der Waals surface area contributed by atoms with E-state index in [9.17, 15) is 8.42 Å². The molecule has 0 spiro atoms. The van der Waals surface area contributed by atoms with Crippen LogP contribution in [0.2, 0.25) is 0 Å². The molecule has 3 aromatic heterocycles. The third-order valence-corrected chi connectivity index (χ3v) is 4.62. The fourth-order valence-corrected chi connectivity index (χ4v) is 3.08. The van der Waals surface area contributed by atoms with E-state index in [-0.39, 0.29) is 10.6 Å². The second kappa shape index (κ2) is 6.66. The predicted octanol–water partition coefficient (Wildman–Crippen LogP) is 2.86. The lowest BCUT2D eigenvalue weighted by Gasteiger charge is -2.23. The van der Waals surface area contributed by atoms with Gasteiger partial charge >= 0.3 is 0 Å². The number of nitrogens with zero attached hydrogens (tertiary/aromatic N) is 3. The Balaban J connectivity index is 1.88. The number of sulfone groups is 1. The number of hydrogen-bond acceptors (Lipinski definition) is 7. The van der Waals surface area contributed by atoms with Crippen LogP contribution in [0.25, 0.3) is 16.9 Å². The van der Waals surface area contributed by atoms with Gasteiger partial charge in [-0.1, -0.05) is 6.58 Å². The normalized spacial score (nSPS) is 12.1. The largest absolute Gasteiger partial charge is 0.380 e. The molecule has 27 heavy (non-hydrogen) atoms. The molecule has 9 heteroatoms. The van der Waals surface area contributed by atoms with Crippen LogP contribution in [0.5, 0.6) is 0 Å². The molecule has 3 N–H and O–H groups in total. The summed E-state index contributed by atoms with van der Waals surface area (Å²) >= 11 is 0. The van der Waals surface area contributed by atoms with Gasteiger partial charge < -0.3 is 15.6 Å². The molecule has 0 aliphatic carbocycles. The number of H-pyrrole nitrogens is 1. The summed E-state index contributed by atoms with van der Waals surface area (Å²) in [6.07, 6.45) is 5.97. The van der Waals surface area contributed by atoms with Gasteiger partial charge in [-0.25, -0.2) is 23.4 Å². The number of anilines is 2. The minimum Gasteiger partial charge on any atom is -0.380 e. The van der Waals surface area contributed by atoms with Gasteiger partial charge in [-0.15, -0.1) is 0 Å². The maximum absolute atomic E-state index is 11.5. The van der Waals surface area contributed by atoms with Crippen LogP contribution in [0.3, 0.4) is 0 Å². The van der Waals surface area contributed by atoms with Crippen LogP contribution in [-0.4, -0.2) is 40.1 Å². The predicted molar refractivity (Wildman–Crippen MR) is 106 cm³/mol. The molecule has 0 aliphatic rings. The molecule has 0 radical (unpaired) electrons. The molecule has 0 aromatic carbocycles. The fourth-order valence-electron chi connectivity index (χ4n) is 2.52. The summed E-state index contributed by atoms with van der Waals surface area (Å²) in [5.41, 5.74) is 3.40. The minimum atomic E-state index is -3.33. The average molecular weight is 386 g/mol. The van der Waals surface area contributed by atoms with Crippen molar-refractivity contribution in [3.05, 3.63) is 42.9 Å². The van der Waals surface area contributed by atoms with Crippen LogP contribution in [0.15, 0.2) is 42.3 Å². The molecule has 3 aromatic rings. The Labute approximate surface area is 158 Å². The van der Waals surface area contributed by atoms with E-state index in [0.29, 0.717) is 22.7 Å². The highest BCUT2D eigenvalue weighted by molar-refractivity contribution is 7.90. The molecule has 8 nitrogen and oxygen atoms in total. The molecular weight excluding hydrogens is 364 g/mol. The van der Waals surface area contributed by atoms with Crippen molar-refractivity contribution in [3.8, 4) is 0 Å². The number of nitrogens with one attached hydrogen (secondary N) is 3. The van der Waals surface area contributed by atoms with Crippen molar-refractivity contribution in [1.29, 1.82) is 0 Å². The standard InChI is InChI=1S/C18H22N6O2S/c1-11(24-18(2,3)4)13-9-20-17-16(13)23-14(10-21-17)22-12-6-7-15(19-8-12)27(5,25)26/h6-10,24H,1H2,2-5H3,(H,20,21)(H,22,23). The summed E-state index contributed by atoms with van der Waals surface area (Å²) in [5, 5.41) is 6.44. The second-order valence-corrected chi connectivity index (χ2v) is 9.25. The lowest BCUT2D eigenvalue weighted by molar-refractivity contribution is 0.502. The van der Waals surface area contributed by atoms with E-state index in [4.69, 9.17) is 0 Å². The molecule has 0 unspecified atom stereocenters. The van der Waals surface area contributed by atoms with Crippen molar-refractivity contribution < 1.29 is 8.42 Å². The highest BCUT2D eigenvalue weighted by atomic mass is 32.2. The van der Waals surface area contributed by atoms with E-state index in [1.165, 1.54) is 12.3 Å². The Morgan fingerprint density at radius 2 is 1.93 bits per heavy atom. The molecule has 0 saturated carbocycles. The smallest absolute Gasteiger partial charge is 0.192 e. The van der Waals surface area contributed by atoms with Gasteiger partial charge in [0.05, 0.1) is 18.1 Å². The molecule has 0 amide bonds.